The zero-order valence-corrected chi connectivity index (χ0v) is 11.0. The Bertz CT molecular complexity index is 679. The Kier molecular flexibility index (Phi) is 4.07. The zero-order chi connectivity index (χ0) is 15.4. The van der Waals surface area contributed by atoms with Crippen molar-refractivity contribution in [2.24, 2.45) is 0 Å². The van der Waals surface area contributed by atoms with E-state index in [2.05, 4.69) is 5.32 Å². The highest BCUT2D eigenvalue weighted by atomic mass is 16.6. The van der Waals surface area contributed by atoms with Crippen LogP contribution in [0.15, 0.2) is 34.7 Å². The second-order valence-electron chi connectivity index (χ2n) is 4.07. The predicted molar refractivity (Wildman–Crippen MR) is 72.6 cm³/mol. The van der Waals surface area contributed by atoms with Gasteiger partial charge >= 0.3 is 5.97 Å². The third-order valence-electron chi connectivity index (χ3n) is 2.72. The number of anilines is 1. The molecule has 8 nitrogen and oxygen atoms in total. The van der Waals surface area contributed by atoms with Gasteiger partial charge in [-0.15, -0.1) is 0 Å². The Morgan fingerprint density at radius 1 is 1.43 bits per heavy atom. The highest BCUT2D eigenvalue weighted by molar-refractivity contribution is 5.84. The van der Waals surface area contributed by atoms with Crippen molar-refractivity contribution >= 4 is 17.3 Å². The number of hydrogen-bond acceptors (Lipinski definition) is 6. The molecule has 2 N–H and O–H groups in total. The minimum Gasteiger partial charge on any atom is -0.494 e. The first-order chi connectivity index (χ1) is 10.0. The molecule has 2 rings (SSSR count). The Hall–Kier alpha value is -3.03. The first kappa shape index (κ1) is 14.4. The van der Waals surface area contributed by atoms with Gasteiger partial charge in [-0.3, -0.25) is 10.1 Å². The van der Waals surface area contributed by atoms with Crippen molar-refractivity contribution in [1.82, 2.24) is 0 Å². The molecule has 0 spiro atoms. The summed E-state index contributed by atoms with van der Waals surface area (Å²) < 4.78 is 10.2. The molecule has 0 unspecified atom stereocenters. The molecule has 0 saturated carbocycles. The Labute approximate surface area is 119 Å². The highest BCUT2D eigenvalue weighted by Gasteiger charge is 2.12. The van der Waals surface area contributed by atoms with Crippen LogP contribution in [0.3, 0.4) is 0 Å². The molecule has 1 aromatic heterocycles. The summed E-state index contributed by atoms with van der Waals surface area (Å²) in [6, 6.07) is 7.04. The lowest BCUT2D eigenvalue weighted by Gasteiger charge is -2.09. The van der Waals surface area contributed by atoms with Gasteiger partial charge in [0.15, 0.2) is 0 Å². The molecule has 0 bridgehead atoms. The molecule has 0 aliphatic rings. The van der Waals surface area contributed by atoms with Crippen LogP contribution in [0.2, 0.25) is 0 Å². The maximum atomic E-state index is 10.7. The number of nitro groups is 1. The van der Waals surface area contributed by atoms with E-state index in [0.29, 0.717) is 17.2 Å². The molecule has 0 aliphatic carbocycles. The van der Waals surface area contributed by atoms with Crippen LogP contribution in [0.1, 0.15) is 16.3 Å². The zero-order valence-electron chi connectivity index (χ0n) is 11.0. The molecular weight excluding hydrogens is 280 g/mol. The molecule has 0 fully saturated rings. The van der Waals surface area contributed by atoms with Crippen LogP contribution in [0.25, 0.3) is 0 Å². The van der Waals surface area contributed by atoms with E-state index in [-0.39, 0.29) is 18.0 Å². The summed E-state index contributed by atoms with van der Waals surface area (Å²) in [6.07, 6.45) is 0. The van der Waals surface area contributed by atoms with Gasteiger partial charge in [0.25, 0.3) is 5.69 Å². The fraction of sp³-hybridized carbons (Fsp3) is 0.154. The van der Waals surface area contributed by atoms with E-state index in [0.717, 1.165) is 0 Å². The summed E-state index contributed by atoms with van der Waals surface area (Å²) in [6.45, 7) is 0.224. The number of benzene rings is 1. The summed E-state index contributed by atoms with van der Waals surface area (Å²) in [5.41, 5.74) is 0.458. The fourth-order valence-corrected chi connectivity index (χ4v) is 1.71. The molecule has 8 heteroatoms. The van der Waals surface area contributed by atoms with Crippen molar-refractivity contribution in [3.8, 4) is 5.75 Å². The van der Waals surface area contributed by atoms with E-state index in [9.17, 15) is 14.9 Å². The van der Waals surface area contributed by atoms with Gasteiger partial charge in [-0.25, -0.2) is 4.79 Å². The first-order valence-electron chi connectivity index (χ1n) is 5.89. The number of methoxy groups -OCH3 is 1. The van der Waals surface area contributed by atoms with Crippen molar-refractivity contribution in [3.63, 3.8) is 0 Å². The SMILES string of the molecule is COc1cc([N+](=O)[O-])ccc1NCc1ccc(C(=O)O)o1. The van der Waals surface area contributed by atoms with Gasteiger partial charge in [0, 0.05) is 6.07 Å². The lowest BCUT2D eigenvalue weighted by molar-refractivity contribution is -0.384. The molecule has 0 aliphatic heterocycles. The Balaban J connectivity index is 2.11. The standard InChI is InChI=1S/C13H12N2O6/c1-20-12-6-8(15(18)19)2-4-10(12)14-7-9-3-5-11(21-9)13(16)17/h2-6,14H,7H2,1H3,(H,16,17). The monoisotopic (exact) mass is 292 g/mol. The van der Waals surface area contributed by atoms with E-state index in [1.807, 2.05) is 0 Å². The number of hydrogen-bond donors (Lipinski definition) is 2. The number of non-ortho nitro benzene ring substituents is 1. The van der Waals surface area contributed by atoms with E-state index in [4.69, 9.17) is 14.3 Å². The van der Waals surface area contributed by atoms with E-state index < -0.39 is 10.9 Å². The lowest BCUT2D eigenvalue weighted by Crippen LogP contribution is -2.01. The van der Waals surface area contributed by atoms with Gasteiger partial charge < -0.3 is 19.6 Å². The van der Waals surface area contributed by atoms with Crippen LogP contribution < -0.4 is 10.1 Å². The Morgan fingerprint density at radius 2 is 2.19 bits per heavy atom. The average molecular weight is 292 g/mol. The van der Waals surface area contributed by atoms with Gasteiger partial charge in [-0.1, -0.05) is 0 Å². The molecule has 21 heavy (non-hydrogen) atoms. The minimum atomic E-state index is -1.14. The normalized spacial score (nSPS) is 10.1. The number of carbonyl (C=O) groups is 1. The molecular formula is C13H12N2O6. The third-order valence-corrected chi connectivity index (χ3v) is 2.72. The molecule has 2 aromatic rings. The second-order valence-corrected chi connectivity index (χ2v) is 4.07. The molecule has 0 amide bonds. The van der Waals surface area contributed by atoms with Crippen LogP contribution in [0, 0.1) is 10.1 Å². The second kappa shape index (κ2) is 5.95. The average Bonchev–Trinajstić information content (AvgIpc) is 2.93. The van der Waals surface area contributed by atoms with Gasteiger partial charge in [0.2, 0.25) is 5.76 Å². The van der Waals surface area contributed by atoms with Crippen molar-refractivity contribution < 1.29 is 24.0 Å². The van der Waals surface area contributed by atoms with E-state index >= 15 is 0 Å². The predicted octanol–water partition coefficient (Wildman–Crippen LogP) is 2.51. The van der Waals surface area contributed by atoms with Gasteiger partial charge in [-0.2, -0.15) is 0 Å². The fourth-order valence-electron chi connectivity index (χ4n) is 1.71. The Morgan fingerprint density at radius 3 is 2.76 bits per heavy atom. The van der Waals surface area contributed by atoms with Crippen LogP contribution >= 0.6 is 0 Å². The summed E-state index contributed by atoms with van der Waals surface area (Å²) in [7, 11) is 1.40. The number of nitrogens with one attached hydrogen (secondary N) is 1. The number of carboxylic acid groups (broad SMARTS) is 1. The number of nitrogens with zero attached hydrogens (tertiary/aromatic N) is 1. The molecule has 0 radical (unpaired) electrons. The summed E-state index contributed by atoms with van der Waals surface area (Å²) in [4.78, 5) is 20.9. The highest BCUT2D eigenvalue weighted by Crippen LogP contribution is 2.29. The lowest BCUT2D eigenvalue weighted by atomic mass is 10.2. The number of aromatic carboxylic acids is 1. The number of nitro benzene ring substituents is 1. The van der Waals surface area contributed by atoms with Crippen LogP contribution in [-0.2, 0) is 6.54 Å². The number of furan rings is 1. The van der Waals surface area contributed by atoms with Crippen molar-refractivity contribution in [1.29, 1.82) is 0 Å². The topological polar surface area (TPSA) is 115 Å². The van der Waals surface area contributed by atoms with Gasteiger partial charge in [-0.05, 0) is 18.2 Å². The van der Waals surface area contributed by atoms with Crippen LogP contribution in [-0.4, -0.2) is 23.1 Å². The molecule has 1 heterocycles. The quantitative estimate of drug-likeness (QED) is 0.620. The maximum Gasteiger partial charge on any atom is 0.371 e. The first-order valence-corrected chi connectivity index (χ1v) is 5.89. The summed E-state index contributed by atoms with van der Waals surface area (Å²) in [5.74, 6) is -0.557. The summed E-state index contributed by atoms with van der Waals surface area (Å²) in [5, 5.41) is 22.4. The summed E-state index contributed by atoms with van der Waals surface area (Å²) >= 11 is 0. The van der Waals surface area contributed by atoms with Crippen molar-refractivity contribution in [3.05, 3.63) is 52.0 Å². The van der Waals surface area contributed by atoms with Crippen molar-refractivity contribution in [2.45, 2.75) is 6.54 Å². The van der Waals surface area contributed by atoms with Crippen LogP contribution in [0.4, 0.5) is 11.4 Å². The van der Waals surface area contributed by atoms with E-state index in [1.54, 1.807) is 0 Å². The number of ether oxygens (including phenoxy) is 1. The molecule has 0 atom stereocenters. The van der Waals surface area contributed by atoms with Crippen LogP contribution in [0.5, 0.6) is 5.75 Å². The largest absolute Gasteiger partial charge is 0.494 e. The third kappa shape index (κ3) is 3.30. The smallest absolute Gasteiger partial charge is 0.371 e. The van der Waals surface area contributed by atoms with Gasteiger partial charge in [0.05, 0.1) is 30.3 Å². The maximum absolute atomic E-state index is 10.7. The number of carboxylic acids is 1. The molecule has 0 saturated heterocycles. The molecule has 1 aromatic carbocycles. The van der Waals surface area contributed by atoms with Crippen molar-refractivity contribution in [2.75, 3.05) is 12.4 Å². The van der Waals surface area contributed by atoms with E-state index in [1.165, 1.54) is 37.4 Å². The molecule has 110 valence electrons. The van der Waals surface area contributed by atoms with Gasteiger partial charge in [0.1, 0.15) is 11.5 Å². The number of rotatable bonds is 6. The minimum absolute atomic E-state index is 0.0800.